The highest BCUT2D eigenvalue weighted by Gasteiger charge is 2.43. The number of aromatic amines is 1. The molecule has 4 rings (SSSR count). The molecule has 1 N–H and O–H groups in total. The number of carbonyl (C=O) groups is 1. The Hall–Kier alpha value is -1.45. The van der Waals surface area contributed by atoms with Crippen molar-refractivity contribution in [2.75, 3.05) is 32.8 Å². The van der Waals surface area contributed by atoms with Crippen molar-refractivity contribution >= 4 is 15.9 Å². The molecule has 8 nitrogen and oxygen atoms in total. The van der Waals surface area contributed by atoms with Crippen molar-refractivity contribution in [3.63, 3.8) is 0 Å². The molecule has 3 saturated heterocycles. The Balaban J connectivity index is 1.40. The van der Waals surface area contributed by atoms with E-state index in [1.807, 2.05) is 4.90 Å². The number of aromatic nitrogens is 2. The average Bonchev–Trinajstić information content (AvgIpc) is 3.33. The third kappa shape index (κ3) is 3.39. The van der Waals surface area contributed by atoms with Crippen LogP contribution in [-0.2, 0) is 19.6 Å². The van der Waals surface area contributed by atoms with Crippen molar-refractivity contribution in [2.45, 2.75) is 49.5 Å². The monoisotopic (exact) mass is 382 g/mol. The predicted octanol–water partition coefficient (Wildman–Crippen LogP) is 0.982. The maximum atomic E-state index is 12.7. The van der Waals surface area contributed by atoms with Crippen LogP contribution in [0.2, 0.25) is 0 Å². The number of hydrogen-bond donors (Lipinski definition) is 1. The number of amides is 1. The molecule has 3 aliphatic rings. The number of likely N-dealkylation sites (tertiary alicyclic amines) is 1. The molecule has 0 bridgehead atoms. The largest absolute Gasteiger partial charge is 0.376 e. The second kappa shape index (κ2) is 6.94. The van der Waals surface area contributed by atoms with Gasteiger partial charge in [0.1, 0.15) is 4.90 Å². The van der Waals surface area contributed by atoms with E-state index in [1.54, 1.807) is 4.31 Å². The van der Waals surface area contributed by atoms with Crippen molar-refractivity contribution in [1.29, 1.82) is 0 Å². The molecule has 0 radical (unpaired) electrons. The molecule has 0 aliphatic carbocycles. The van der Waals surface area contributed by atoms with Gasteiger partial charge in [-0.25, -0.2) is 8.42 Å². The average molecular weight is 382 g/mol. The lowest BCUT2D eigenvalue weighted by atomic mass is 9.72. The standard InChI is InChI=1S/C17H26N4O4S/c22-16-3-4-17(13-20(16)12-14-2-1-9-25-14)5-7-21(8-6-17)26(23,24)15-10-18-19-11-15/h10-11,14H,1-9,12-13H2,(H,18,19)/t14-/m0/s1. The molecule has 1 amide bonds. The van der Waals surface area contributed by atoms with E-state index in [-0.39, 0.29) is 22.3 Å². The fourth-order valence-electron chi connectivity index (χ4n) is 4.44. The van der Waals surface area contributed by atoms with Crippen LogP contribution in [-0.4, -0.2) is 72.6 Å². The summed E-state index contributed by atoms with van der Waals surface area (Å²) in [5.41, 5.74) is 0.0366. The lowest BCUT2D eigenvalue weighted by Crippen LogP contribution is -2.53. The third-order valence-electron chi connectivity index (χ3n) is 6.09. The maximum Gasteiger partial charge on any atom is 0.246 e. The Bertz CT molecular complexity index is 735. The molecule has 1 spiro atoms. The van der Waals surface area contributed by atoms with Crippen molar-refractivity contribution in [2.24, 2.45) is 5.41 Å². The number of hydrogen-bond acceptors (Lipinski definition) is 5. The molecule has 3 fully saturated rings. The van der Waals surface area contributed by atoms with Crippen LogP contribution in [0.1, 0.15) is 38.5 Å². The smallest absolute Gasteiger partial charge is 0.246 e. The summed E-state index contributed by atoms with van der Waals surface area (Å²) >= 11 is 0. The molecule has 0 saturated carbocycles. The first kappa shape index (κ1) is 17.9. The molecule has 9 heteroatoms. The predicted molar refractivity (Wildman–Crippen MR) is 93.8 cm³/mol. The van der Waals surface area contributed by atoms with Crippen LogP contribution in [0, 0.1) is 5.41 Å². The van der Waals surface area contributed by atoms with E-state index in [0.717, 1.165) is 45.3 Å². The Morgan fingerprint density at radius 2 is 2.12 bits per heavy atom. The number of ether oxygens (including phenoxy) is 1. The fourth-order valence-corrected chi connectivity index (χ4v) is 5.79. The normalized spacial score (nSPS) is 27.3. The number of carbonyl (C=O) groups excluding carboxylic acids is 1. The Labute approximate surface area is 153 Å². The van der Waals surface area contributed by atoms with Crippen LogP contribution >= 0.6 is 0 Å². The molecule has 26 heavy (non-hydrogen) atoms. The van der Waals surface area contributed by atoms with Crippen LogP contribution in [0.3, 0.4) is 0 Å². The van der Waals surface area contributed by atoms with E-state index in [1.165, 1.54) is 12.4 Å². The van der Waals surface area contributed by atoms with E-state index in [2.05, 4.69) is 10.2 Å². The van der Waals surface area contributed by atoms with Crippen LogP contribution in [0.4, 0.5) is 0 Å². The Morgan fingerprint density at radius 1 is 1.31 bits per heavy atom. The van der Waals surface area contributed by atoms with Gasteiger partial charge in [0.25, 0.3) is 0 Å². The quantitative estimate of drug-likeness (QED) is 0.838. The Morgan fingerprint density at radius 3 is 2.77 bits per heavy atom. The molecule has 0 unspecified atom stereocenters. The Kier molecular flexibility index (Phi) is 4.79. The summed E-state index contributed by atoms with van der Waals surface area (Å²) < 4.78 is 32.5. The van der Waals surface area contributed by atoms with Crippen LogP contribution < -0.4 is 0 Å². The van der Waals surface area contributed by atoms with Crippen molar-refractivity contribution in [3.05, 3.63) is 12.4 Å². The van der Waals surface area contributed by atoms with Crippen molar-refractivity contribution in [1.82, 2.24) is 19.4 Å². The topological polar surface area (TPSA) is 95.6 Å². The van der Waals surface area contributed by atoms with E-state index in [4.69, 9.17) is 4.74 Å². The van der Waals surface area contributed by atoms with Gasteiger partial charge >= 0.3 is 0 Å². The highest BCUT2D eigenvalue weighted by atomic mass is 32.2. The highest BCUT2D eigenvalue weighted by Crippen LogP contribution is 2.41. The zero-order valence-electron chi connectivity index (χ0n) is 14.9. The van der Waals surface area contributed by atoms with Gasteiger partial charge in [0.15, 0.2) is 0 Å². The molecular weight excluding hydrogens is 356 g/mol. The third-order valence-corrected chi connectivity index (χ3v) is 7.95. The lowest BCUT2D eigenvalue weighted by Gasteiger charge is -2.47. The summed E-state index contributed by atoms with van der Waals surface area (Å²) in [6, 6.07) is 0. The number of nitrogens with zero attached hydrogens (tertiary/aromatic N) is 3. The first-order valence-electron chi connectivity index (χ1n) is 9.37. The van der Waals surface area contributed by atoms with Gasteiger partial charge in [-0.15, -0.1) is 0 Å². The molecule has 3 aliphatic heterocycles. The molecule has 1 aromatic heterocycles. The summed E-state index contributed by atoms with van der Waals surface area (Å²) in [5, 5.41) is 6.31. The minimum Gasteiger partial charge on any atom is -0.376 e. The van der Waals surface area contributed by atoms with Crippen molar-refractivity contribution < 1.29 is 17.9 Å². The fraction of sp³-hybridized carbons (Fsp3) is 0.765. The lowest BCUT2D eigenvalue weighted by molar-refractivity contribution is -0.140. The molecule has 1 aromatic rings. The van der Waals surface area contributed by atoms with Gasteiger partial charge in [0.05, 0.1) is 12.3 Å². The highest BCUT2D eigenvalue weighted by molar-refractivity contribution is 7.89. The number of rotatable bonds is 4. The number of nitrogens with one attached hydrogen (secondary N) is 1. The van der Waals surface area contributed by atoms with Crippen molar-refractivity contribution in [3.8, 4) is 0 Å². The van der Waals surface area contributed by atoms with Gasteiger partial charge in [-0.1, -0.05) is 0 Å². The number of H-pyrrole nitrogens is 1. The van der Waals surface area contributed by atoms with E-state index < -0.39 is 10.0 Å². The summed E-state index contributed by atoms with van der Waals surface area (Å²) in [7, 11) is -3.48. The molecule has 4 heterocycles. The second-order valence-electron chi connectivity index (χ2n) is 7.75. The summed E-state index contributed by atoms with van der Waals surface area (Å²) in [5.74, 6) is 0.208. The molecule has 144 valence electrons. The minimum atomic E-state index is -3.48. The zero-order valence-corrected chi connectivity index (χ0v) is 15.7. The van der Waals surface area contributed by atoms with Gasteiger partial charge < -0.3 is 9.64 Å². The van der Waals surface area contributed by atoms with E-state index >= 15 is 0 Å². The first-order chi connectivity index (χ1) is 12.5. The minimum absolute atomic E-state index is 0.0366. The van der Waals surface area contributed by atoms with Gasteiger partial charge in [-0.05, 0) is 37.5 Å². The number of piperidine rings is 2. The van der Waals surface area contributed by atoms with Crippen LogP contribution in [0.15, 0.2) is 17.3 Å². The van der Waals surface area contributed by atoms with Gasteiger partial charge in [0.2, 0.25) is 15.9 Å². The molecule has 0 aromatic carbocycles. The van der Waals surface area contributed by atoms with Crippen LogP contribution in [0.5, 0.6) is 0 Å². The summed E-state index contributed by atoms with van der Waals surface area (Å²) in [6.07, 6.45) is 8.01. The maximum absolute atomic E-state index is 12.7. The second-order valence-corrected chi connectivity index (χ2v) is 9.69. The van der Waals surface area contributed by atoms with Gasteiger partial charge in [0, 0.05) is 45.4 Å². The molecular formula is C17H26N4O4S. The summed E-state index contributed by atoms with van der Waals surface area (Å²) in [6.45, 7) is 3.19. The van der Waals surface area contributed by atoms with Crippen LogP contribution in [0.25, 0.3) is 0 Å². The van der Waals surface area contributed by atoms with Gasteiger partial charge in [-0.2, -0.15) is 9.40 Å². The first-order valence-corrected chi connectivity index (χ1v) is 10.8. The number of sulfonamides is 1. The molecule has 1 atom stereocenters. The summed E-state index contributed by atoms with van der Waals surface area (Å²) in [4.78, 5) is 14.5. The van der Waals surface area contributed by atoms with Gasteiger partial charge in [-0.3, -0.25) is 9.89 Å². The SMILES string of the molecule is O=C1CCC2(CCN(S(=O)(=O)c3cn[nH]c3)CC2)CN1C[C@@H]1CCCO1. The van der Waals surface area contributed by atoms with E-state index in [0.29, 0.717) is 26.1 Å². The van der Waals surface area contributed by atoms with E-state index in [9.17, 15) is 13.2 Å². The zero-order chi connectivity index (χ0) is 18.2.